The van der Waals surface area contributed by atoms with Crippen LogP contribution < -0.4 is 0 Å². The van der Waals surface area contributed by atoms with Crippen LogP contribution in [-0.4, -0.2) is 62.7 Å². The Bertz CT molecular complexity index is 177. The number of likely N-dealkylation sites (N-methyl/N-ethyl adjacent to an activating group) is 1. The van der Waals surface area contributed by atoms with Crippen LogP contribution in [-0.2, 0) is 9.53 Å². The van der Waals surface area contributed by atoms with Crippen molar-refractivity contribution in [1.29, 1.82) is 0 Å². The molecule has 0 atom stereocenters. The van der Waals surface area contributed by atoms with Gasteiger partial charge in [0.2, 0.25) is 0 Å². The van der Waals surface area contributed by atoms with E-state index in [0.29, 0.717) is 13.2 Å². The summed E-state index contributed by atoms with van der Waals surface area (Å²) in [6.07, 6.45) is 2.43. The van der Waals surface area contributed by atoms with E-state index < -0.39 is 0 Å². The van der Waals surface area contributed by atoms with Crippen molar-refractivity contribution in [2.24, 2.45) is 0 Å². The molecule has 1 saturated heterocycles. The van der Waals surface area contributed by atoms with Crippen LogP contribution in [0.1, 0.15) is 12.8 Å². The van der Waals surface area contributed by atoms with Crippen molar-refractivity contribution in [1.82, 2.24) is 9.80 Å². The topological polar surface area (TPSA) is 32.8 Å². The molecular formula is C10H20N2O2. The highest BCUT2D eigenvalue weighted by Gasteiger charge is 2.15. The van der Waals surface area contributed by atoms with Gasteiger partial charge in [-0.2, -0.15) is 0 Å². The van der Waals surface area contributed by atoms with E-state index in [2.05, 4.69) is 4.90 Å². The number of carbonyl (C=O) groups is 1. The van der Waals surface area contributed by atoms with Gasteiger partial charge >= 0.3 is 5.97 Å². The molecule has 0 unspecified atom stereocenters. The molecule has 1 fully saturated rings. The first-order valence-corrected chi connectivity index (χ1v) is 5.21. The molecule has 1 rings (SSSR count). The molecule has 0 aromatic heterocycles. The summed E-state index contributed by atoms with van der Waals surface area (Å²) in [5, 5.41) is 0. The summed E-state index contributed by atoms with van der Waals surface area (Å²) < 4.78 is 5.09. The number of hydrogen-bond donors (Lipinski definition) is 0. The van der Waals surface area contributed by atoms with Gasteiger partial charge in [-0.1, -0.05) is 0 Å². The third-order valence-corrected chi connectivity index (χ3v) is 2.35. The van der Waals surface area contributed by atoms with Gasteiger partial charge in [0.15, 0.2) is 0 Å². The van der Waals surface area contributed by atoms with E-state index in [9.17, 15) is 4.79 Å². The summed E-state index contributed by atoms with van der Waals surface area (Å²) in [6, 6.07) is 0. The Hall–Kier alpha value is -0.610. The Kier molecular flexibility index (Phi) is 4.90. The van der Waals surface area contributed by atoms with Crippen molar-refractivity contribution < 1.29 is 9.53 Å². The van der Waals surface area contributed by atoms with Crippen LogP contribution in [0, 0.1) is 0 Å². The van der Waals surface area contributed by atoms with Crippen LogP contribution in [0.5, 0.6) is 0 Å². The number of ether oxygens (including phenoxy) is 1. The maximum Gasteiger partial charge on any atom is 0.320 e. The zero-order valence-electron chi connectivity index (χ0n) is 9.16. The van der Waals surface area contributed by atoms with E-state index in [1.807, 2.05) is 19.0 Å². The van der Waals surface area contributed by atoms with Gasteiger partial charge in [-0.3, -0.25) is 9.69 Å². The zero-order chi connectivity index (χ0) is 10.4. The molecule has 14 heavy (non-hydrogen) atoms. The highest BCUT2D eigenvalue weighted by molar-refractivity contribution is 5.71. The largest absolute Gasteiger partial charge is 0.463 e. The van der Waals surface area contributed by atoms with Crippen molar-refractivity contribution >= 4 is 5.97 Å². The van der Waals surface area contributed by atoms with Crippen LogP contribution >= 0.6 is 0 Å². The van der Waals surface area contributed by atoms with Crippen LogP contribution in [0.3, 0.4) is 0 Å². The normalized spacial score (nSPS) is 17.6. The lowest BCUT2D eigenvalue weighted by Crippen LogP contribution is -2.29. The van der Waals surface area contributed by atoms with E-state index in [4.69, 9.17) is 4.74 Å². The van der Waals surface area contributed by atoms with Gasteiger partial charge in [-0.25, -0.2) is 0 Å². The first-order valence-electron chi connectivity index (χ1n) is 5.21. The van der Waals surface area contributed by atoms with Gasteiger partial charge in [-0.05, 0) is 40.0 Å². The summed E-state index contributed by atoms with van der Waals surface area (Å²) in [7, 11) is 3.93. The molecule has 4 heteroatoms. The average molecular weight is 200 g/mol. The van der Waals surface area contributed by atoms with E-state index >= 15 is 0 Å². The molecule has 0 bridgehead atoms. The third-order valence-electron chi connectivity index (χ3n) is 2.35. The summed E-state index contributed by atoms with van der Waals surface area (Å²) in [6.45, 7) is 3.85. The van der Waals surface area contributed by atoms with Gasteiger partial charge in [0.25, 0.3) is 0 Å². The maximum atomic E-state index is 11.3. The summed E-state index contributed by atoms with van der Waals surface area (Å²) in [5.41, 5.74) is 0. The second-order valence-corrected chi connectivity index (χ2v) is 4.01. The van der Waals surface area contributed by atoms with E-state index in [1.165, 1.54) is 12.8 Å². The van der Waals surface area contributed by atoms with Crippen molar-refractivity contribution in [3.8, 4) is 0 Å². The van der Waals surface area contributed by atoms with E-state index in [0.717, 1.165) is 19.6 Å². The Labute approximate surface area is 85.8 Å². The molecule has 4 nitrogen and oxygen atoms in total. The maximum absolute atomic E-state index is 11.3. The van der Waals surface area contributed by atoms with Gasteiger partial charge in [0.1, 0.15) is 6.61 Å². The number of likely N-dealkylation sites (tertiary alicyclic amines) is 1. The van der Waals surface area contributed by atoms with Gasteiger partial charge in [0, 0.05) is 6.54 Å². The number of nitrogens with zero attached hydrogens (tertiary/aromatic N) is 2. The monoisotopic (exact) mass is 200 g/mol. The van der Waals surface area contributed by atoms with Crippen molar-refractivity contribution in [2.75, 3.05) is 46.9 Å². The Morgan fingerprint density at radius 2 is 2.00 bits per heavy atom. The quantitative estimate of drug-likeness (QED) is 0.593. The molecule has 0 aliphatic carbocycles. The lowest BCUT2D eigenvalue weighted by atomic mass is 10.4. The summed E-state index contributed by atoms with van der Waals surface area (Å²) in [5.74, 6) is -0.0891. The second-order valence-electron chi connectivity index (χ2n) is 4.01. The molecule has 0 aromatic carbocycles. The average Bonchev–Trinajstić information content (AvgIpc) is 2.56. The van der Waals surface area contributed by atoms with Crippen LogP contribution in [0.25, 0.3) is 0 Å². The van der Waals surface area contributed by atoms with Gasteiger partial charge < -0.3 is 9.64 Å². The Morgan fingerprint density at radius 1 is 1.36 bits per heavy atom. The van der Waals surface area contributed by atoms with E-state index in [-0.39, 0.29) is 5.97 Å². The smallest absolute Gasteiger partial charge is 0.320 e. The molecule has 1 aliphatic heterocycles. The number of rotatable bonds is 5. The second kappa shape index (κ2) is 5.98. The fraction of sp³-hybridized carbons (Fsp3) is 0.900. The predicted octanol–water partition coefficient (Wildman–Crippen LogP) is 0.187. The molecule has 1 heterocycles. The first kappa shape index (κ1) is 11.5. The zero-order valence-corrected chi connectivity index (χ0v) is 9.16. The number of carbonyl (C=O) groups excluding carboxylic acids is 1. The summed E-state index contributed by atoms with van der Waals surface area (Å²) >= 11 is 0. The number of esters is 1. The molecule has 0 aromatic rings. The van der Waals surface area contributed by atoms with Crippen LogP contribution in [0.4, 0.5) is 0 Å². The first-order chi connectivity index (χ1) is 6.68. The molecule has 0 radical (unpaired) electrons. The SMILES string of the molecule is CN(C)CCOC(=O)CN1CCCC1. The standard InChI is InChI=1S/C10H20N2O2/c1-11(2)7-8-14-10(13)9-12-5-3-4-6-12/h3-9H2,1-2H3. The minimum absolute atomic E-state index is 0.0891. The van der Waals surface area contributed by atoms with Crippen molar-refractivity contribution in [2.45, 2.75) is 12.8 Å². The van der Waals surface area contributed by atoms with Gasteiger partial charge in [0.05, 0.1) is 6.54 Å². The van der Waals surface area contributed by atoms with E-state index in [1.54, 1.807) is 0 Å². The molecule has 82 valence electrons. The lowest BCUT2D eigenvalue weighted by molar-refractivity contribution is -0.144. The molecule has 1 aliphatic rings. The number of hydrogen-bond acceptors (Lipinski definition) is 4. The fourth-order valence-electron chi connectivity index (χ4n) is 1.51. The lowest BCUT2D eigenvalue weighted by Gasteiger charge is -2.14. The Balaban J connectivity index is 2.03. The van der Waals surface area contributed by atoms with Crippen LogP contribution in [0.2, 0.25) is 0 Å². The molecular weight excluding hydrogens is 180 g/mol. The highest BCUT2D eigenvalue weighted by Crippen LogP contribution is 2.06. The van der Waals surface area contributed by atoms with Crippen molar-refractivity contribution in [3.05, 3.63) is 0 Å². The van der Waals surface area contributed by atoms with Crippen LogP contribution in [0.15, 0.2) is 0 Å². The summed E-state index contributed by atoms with van der Waals surface area (Å²) in [4.78, 5) is 15.5. The highest BCUT2D eigenvalue weighted by atomic mass is 16.5. The van der Waals surface area contributed by atoms with Gasteiger partial charge in [-0.15, -0.1) is 0 Å². The minimum atomic E-state index is -0.0891. The minimum Gasteiger partial charge on any atom is -0.463 e. The predicted molar refractivity (Wildman–Crippen MR) is 55.2 cm³/mol. The molecule has 0 saturated carbocycles. The third kappa shape index (κ3) is 4.58. The molecule has 0 spiro atoms. The fourth-order valence-corrected chi connectivity index (χ4v) is 1.51. The van der Waals surface area contributed by atoms with Crippen molar-refractivity contribution in [3.63, 3.8) is 0 Å². The molecule has 0 amide bonds. The molecule has 0 N–H and O–H groups in total. The Morgan fingerprint density at radius 3 is 2.57 bits per heavy atom.